The van der Waals surface area contributed by atoms with E-state index in [1.54, 1.807) is 24.3 Å². The van der Waals surface area contributed by atoms with Gasteiger partial charge >= 0.3 is 0 Å². The summed E-state index contributed by atoms with van der Waals surface area (Å²) in [6, 6.07) is 18.9. The summed E-state index contributed by atoms with van der Waals surface area (Å²) in [4.78, 5) is 29.1. The molecule has 0 bridgehead atoms. The fraction of sp³-hybridized carbons (Fsp3) is 0.192. The van der Waals surface area contributed by atoms with Crippen LogP contribution in [0.2, 0.25) is 0 Å². The molecule has 7 nitrogen and oxygen atoms in total. The van der Waals surface area contributed by atoms with Crippen molar-refractivity contribution >= 4 is 28.5 Å². The van der Waals surface area contributed by atoms with Crippen LogP contribution in [-0.2, 0) is 18.3 Å². The van der Waals surface area contributed by atoms with E-state index in [0.717, 1.165) is 22.4 Å². The Hall–Kier alpha value is -4.20. The average molecular weight is 461 g/mol. The second-order valence-electron chi connectivity index (χ2n) is 7.88. The SMILES string of the molecule is Cc1ccccc1OCC(=O)Nc1ccc2c(c1)nc(CCNC(=O)c1ccccc1F)n2C. The third-order valence-electron chi connectivity index (χ3n) is 5.46. The summed E-state index contributed by atoms with van der Waals surface area (Å²) in [7, 11) is 1.89. The van der Waals surface area contributed by atoms with Crippen molar-refractivity contribution in [2.45, 2.75) is 13.3 Å². The Labute approximate surface area is 196 Å². The standard InChI is InChI=1S/C26H25FN4O3/c1-17-7-3-6-10-23(17)34-16-25(32)29-18-11-12-22-21(15-18)30-24(31(22)2)13-14-28-26(33)19-8-4-5-9-20(19)27/h3-12,15H,13-14,16H2,1-2H3,(H,28,33)(H,29,32). The highest BCUT2D eigenvalue weighted by Crippen LogP contribution is 2.20. The Kier molecular flexibility index (Phi) is 6.87. The summed E-state index contributed by atoms with van der Waals surface area (Å²) in [6.07, 6.45) is 0.470. The average Bonchev–Trinajstić information content (AvgIpc) is 3.13. The lowest BCUT2D eigenvalue weighted by Crippen LogP contribution is -2.27. The lowest BCUT2D eigenvalue weighted by atomic mass is 10.2. The number of halogens is 1. The minimum absolute atomic E-state index is 0.0132. The number of anilines is 1. The first-order valence-electron chi connectivity index (χ1n) is 10.9. The van der Waals surface area contributed by atoms with E-state index in [0.29, 0.717) is 24.4 Å². The topological polar surface area (TPSA) is 85.2 Å². The summed E-state index contributed by atoms with van der Waals surface area (Å²) < 4.78 is 21.3. The molecule has 0 aliphatic carbocycles. The third-order valence-corrected chi connectivity index (χ3v) is 5.46. The smallest absolute Gasteiger partial charge is 0.262 e. The zero-order valence-corrected chi connectivity index (χ0v) is 19.0. The monoisotopic (exact) mass is 460 g/mol. The van der Waals surface area contributed by atoms with Gasteiger partial charge in [0.15, 0.2) is 6.61 Å². The van der Waals surface area contributed by atoms with Gasteiger partial charge in [-0.05, 0) is 48.9 Å². The molecule has 4 aromatic rings. The van der Waals surface area contributed by atoms with Crippen LogP contribution >= 0.6 is 0 Å². The summed E-state index contributed by atoms with van der Waals surface area (Å²) in [5.41, 5.74) is 3.20. The van der Waals surface area contributed by atoms with Crippen molar-refractivity contribution in [2.75, 3.05) is 18.5 Å². The van der Waals surface area contributed by atoms with E-state index < -0.39 is 11.7 Å². The Morgan fingerprint density at radius 2 is 1.82 bits per heavy atom. The molecule has 174 valence electrons. The van der Waals surface area contributed by atoms with Crippen molar-refractivity contribution in [3.8, 4) is 5.75 Å². The van der Waals surface area contributed by atoms with Crippen LogP contribution in [0.3, 0.4) is 0 Å². The molecule has 0 aliphatic heterocycles. The van der Waals surface area contributed by atoms with E-state index in [4.69, 9.17) is 4.74 Å². The highest BCUT2D eigenvalue weighted by atomic mass is 19.1. The van der Waals surface area contributed by atoms with Crippen molar-refractivity contribution < 1.29 is 18.7 Å². The fourth-order valence-corrected chi connectivity index (χ4v) is 3.64. The quantitative estimate of drug-likeness (QED) is 0.416. The minimum Gasteiger partial charge on any atom is -0.483 e. The van der Waals surface area contributed by atoms with Gasteiger partial charge in [0.1, 0.15) is 17.4 Å². The van der Waals surface area contributed by atoms with Crippen molar-refractivity contribution in [1.82, 2.24) is 14.9 Å². The number of hydrogen-bond donors (Lipinski definition) is 2. The molecule has 0 saturated carbocycles. The number of aryl methyl sites for hydroxylation is 2. The molecule has 1 heterocycles. The Balaban J connectivity index is 1.36. The second kappa shape index (κ2) is 10.2. The van der Waals surface area contributed by atoms with E-state index in [2.05, 4.69) is 15.6 Å². The first kappa shape index (κ1) is 23.0. The van der Waals surface area contributed by atoms with Crippen molar-refractivity contribution in [2.24, 2.45) is 7.05 Å². The lowest BCUT2D eigenvalue weighted by molar-refractivity contribution is -0.118. The molecule has 1 aromatic heterocycles. The summed E-state index contributed by atoms with van der Waals surface area (Å²) in [5, 5.41) is 5.55. The van der Waals surface area contributed by atoms with Gasteiger partial charge in [-0.15, -0.1) is 0 Å². The first-order valence-corrected chi connectivity index (χ1v) is 10.9. The molecule has 2 amide bonds. The maximum atomic E-state index is 13.8. The number of nitrogens with zero attached hydrogens (tertiary/aromatic N) is 2. The van der Waals surface area contributed by atoms with Crippen molar-refractivity contribution in [3.63, 3.8) is 0 Å². The van der Waals surface area contributed by atoms with Gasteiger partial charge < -0.3 is 19.9 Å². The molecule has 0 spiro atoms. The van der Waals surface area contributed by atoms with Crippen LogP contribution in [0.5, 0.6) is 5.75 Å². The zero-order valence-electron chi connectivity index (χ0n) is 19.0. The predicted molar refractivity (Wildman–Crippen MR) is 128 cm³/mol. The van der Waals surface area contributed by atoms with Gasteiger partial charge in [0.05, 0.1) is 16.6 Å². The maximum Gasteiger partial charge on any atom is 0.262 e. The number of fused-ring (bicyclic) bond motifs is 1. The molecule has 8 heteroatoms. The molecular weight excluding hydrogens is 435 g/mol. The highest BCUT2D eigenvalue weighted by Gasteiger charge is 2.13. The van der Waals surface area contributed by atoms with Gasteiger partial charge in [0.2, 0.25) is 0 Å². The number of benzene rings is 3. The van der Waals surface area contributed by atoms with E-state index in [1.165, 1.54) is 12.1 Å². The molecule has 3 aromatic carbocycles. The van der Waals surface area contributed by atoms with Crippen LogP contribution in [0.25, 0.3) is 11.0 Å². The second-order valence-corrected chi connectivity index (χ2v) is 7.88. The molecule has 0 radical (unpaired) electrons. The van der Waals surface area contributed by atoms with Crippen LogP contribution in [0.4, 0.5) is 10.1 Å². The summed E-state index contributed by atoms with van der Waals surface area (Å²) >= 11 is 0. The zero-order chi connectivity index (χ0) is 24.1. The van der Waals surface area contributed by atoms with Crippen molar-refractivity contribution in [3.05, 3.63) is 89.5 Å². The maximum absolute atomic E-state index is 13.8. The number of nitrogens with one attached hydrogen (secondary N) is 2. The third kappa shape index (κ3) is 5.23. The molecule has 0 aliphatic rings. The number of para-hydroxylation sites is 1. The van der Waals surface area contributed by atoms with E-state index >= 15 is 0 Å². The van der Waals surface area contributed by atoms with E-state index in [1.807, 2.05) is 48.9 Å². The van der Waals surface area contributed by atoms with E-state index in [9.17, 15) is 14.0 Å². The number of hydrogen-bond acceptors (Lipinski definition) is 4. The Morgan fingerprint density at radius 3 is 2.62 bits per heavy atom. The molecule has 0 saturated heterocycles. The Bertz CT molecular complexity index is 1350. The van der Waals surface area contributed by atoms with Crippen LogP contribution in [0.15, 0.2) is 66.7 Å². The number of imidazole rings is 1. The number of carbonyl (C=O) groups excluding carboxylic acids is 2. The van der Waals surface area contributed by atoms with E-state index in [-0.39, 0.29) is 18.1 Å². The number of aromatic nitrogens is 2. The minimum atomic E-state index is -0.554. The van der Waals surface area contributed by atoms with Gasteiger partial charge in [-0.1, -0.05) is 30.3 Å². The molecule has 2 N–H and O–H groups in total. The lowest BCUT2D eigenvalue weighted by Gasteiger charge is -2.09. The van der Waals surface area contributed by atoms with Crippen LogP contribution in [0.1, 0.15) is 21.7 Å². The number of rotatable bonds is 8. The summed E-state index contributed by atoms with van der Waals surface area (Å²) in [5.74, 6) is 0.144. The first-order chi connectivity index (χ1) is 16.4. The normalized spacial score (nSPS) is 10.8. The predicted octanol–water partition coefficient (Wildman–Crippen LogP) is 4.01. The molecule has 0 atom stereocenters. The van der Waals surface area contributed by atoms with Crippen LogP contribution < -0.4 is 15.4 Å². The van der Waals surface area contributed by atoms with Crippen molar-refractivity contribution in [1.29, 1.82) is 0 Å². The van der Waals surface area contributed by atoms with Gasteiger partial charge in [0.25, 0.3) is 11.8 Å². The number of carbonyl (C=O) groups is 2. The molecule has 4 rings (SSSR count). The molecular formula is C26H25FN4O3. The van der Waals surface area contributed by atoms with Gasteiger partial charge in [-0.2, -0.15) is 0 Å². The molecule has 0 unspecified atom stereocenters. The fourth-order valence-electron chi connectivity index (χ4n) is 3.64. The van der Waals surface area contributed by atoms with Gasteiger partial charge in [-0.3, -0.25) is 9.59 Å². The number of amides is 2. The largest absolute Gasteiger partial charge is 0.483 e. The van der Waals surface area contributed by atoms with Crippen LogP contribution in [-0.4, -0.2) is 34.5 Å². The molecule has 34 heavy (non-hydrogen) atoms. The Morgan fingerprint density at radius 1 is 1.06 bits per heavy atom. The number of ether oxygens (including phenoxy) is 1. The highest BCUT2D eigenvalue weighted by molar-refractivity contribution is 5.95. The van der Waals surface area contributed by atoms with Gasteiger partial charge in [0, 0.05) is 25.7 Å². The van der Waals surface area contributed by atoms with Gasteiger partial charge in [-0.25, -0.2) is 9.37 Å². The summed E-state index contributed by atoms with van der Waals surface area (Å²) in [6.45, 7) is 2.13. The van der Waals surface area contributed by atoms with Crippen LogP contribution in [0, 0.1) is 12.7 Å². The molecule has 0 fully saturated rings.